The number of hydrogen-bond donors (Lipinski definition) is 1. The summed E-state index contributed by atoms with van der Waals surface area (Å²) in [5, 5.41) is 8.90. The second-order valence-corrected chi connectivity index (χ2v) is 5.55. The van der Waals surface area contributed by atoms with Gasteiger partial charge in [-0.3, -0.25) is 0 Å². The zero-order valence-corrected chi connectivity index (χ0v) is 12.8. The molecule has 0 spiro atoms. The molecule has 3 unspecified atom stereocenters. The van der Waals surface area contributed by atoms with Gasteiger partial charge >= 0.3 is 0 Å². The standard InChI is InChI=1S/C15H32O3/c1-6-7-8-9-15(12(2)3)18-14(5)11-17-13(4)10-16/h12-16H,6-11H2,1-5H3. The third kappa shape index (κ3) is 8.90. The predicted octanol–water partition coefficient (Wildman–Crippen LogP) is 3.39. The van der Waals surface area contributed by atoms with E-state index in [0.29, 0.717) is 18.6 Å². The van der Waals surface area contributed by atoms with Crippen molar-refractivity contribution in [1.29, 1.82) is 0 Å². The Morgan fingerprint density at radius 2 is 1.67 bits per heavy atom. The van der Waals surface area contributed by atoms with Crippen LogP contribution in [0.5, 0.6) is 0 Å². The van der Waals surface area contributed by atoms with E-state index in [1.54, 1.807) is 0 Å². The lowest BCUT2D eigenvalue weighted by Crippen LogP contribution is -2.29. The van der Waals surface area contributed by atoms with Gasteiger partial charge in [0.2, 0.25) is 0 Å². The fraction of sp³-hybridized carbons (Fsp3) is 1.00. The normalized spacial score (nSPS) is 16.8. The summed E-state index contributed by atoms with van der Waals surface area (Å²) in [5.41, 5.74) is 0. The number of aliphatic hydroxyl groups is 1. The molecule has 0 heterocycles. The van der Waals surface area contributed by atoms with E-state index in [-0.39, 0.29) is 18.8 Å². The molecule has 0 aromatic rings. The fourth-order valence-corrected chi connectivity index (χ4v) is 1.84. The maximum atomic E-state index is 8.90. The van der Waals surface area contributed by atoms with E-state index >= 15 is 0 Å². The van der Waals surface area contributed by atoms with Gasteiger partial charge in [-0.25, -0.2) is 0 Å². The van der Waals surface area contributed by atoms with E-state index in [1.807, 2.05) is 13.8 Å². The summed E-state index contributed by atoms with van der Waals surface area (Å²) >= 11 is 0. The smallest absolute Gasteiger partial charge is 0.0784 e. The highest BCUT2D eigenvalue weighted by Gasteiger charge is 2.17. The molecule has 0 amide bonds. The molecule has 0 saturated carbocycles. The Labute approximate surface area is 113 Å². The van der Waals surface area contributed by atoms with Gasteiger partial charge in [-0.05, 0) is 26.2 Å². The second kappa shape index (κ2) is 10.8. The first kappa shape index (κ1) is 17.9. The highest BCUT2D eigenvalue weighted by atomic mass is 16.5. The van der Waals surface area contributed by atoms with Gasteiger partial charge in [0.15, 0.2) is 0 Å². The fourth-order valence-electron chi connectivity index (χ4n) is 1.84. The van der Waals surface area contributed by atoms with E-state index < -0.39 is 0 Å². The second-order valence-electron chi connectivity index (χ2n) is 5.55. The highest BCUT2D eigenvalue weighted by Crippen LogP contribution is 2.17. The SMILES string of the molecule is CCCCCC(OC(C)COC(C)CO)C(C)C. The van der Waals surface area contributed by atoms with Gasteiger partial charge in [-0.2, -0.15) is 0 Å². The van der Waals surface area contributed by atoms with Crippen molar-refractivity contribution in [2.24, 2.45) is 5.92 Å². The van der Waals surface area contributed by atoms with Crippen LogP contribution in [0.3, 0.4) is 0 Å². The molecule has 1 N–H and O–H groups in total. The van der Waals surface area contributed by atoms with Crippen LogP contribution in [0.2, 0.25) is 0 Å². The van der Waals surface area contributed by atoms with Gasteiger partial charge in [0.25, 0.3) is 0 Å². The van der Waals surface area contributed by atoms with Crippen molar-refractivity contribution in [2.45, 2.75) is 78.6 Å². The molecule has 0 aromatic heterocycles. The van der Waals surface area contributed by atoms with Gasteiger partial charge in [-0.15, -0.1) is 0 Å². The molecular weight excluding hydrogens is 228 g/mol. The predicted molar refractivity (Wildman–Crippen MR) is 75.8 cm³/mol. The molecule has 3 nitrogen and oxygen atoms in total. The summed E-state index contributed by atoms with van der Waals surface area (Å²) in [6.45, 7) is 11.2. The third-order valence-electron chi connectivity index (χ3n) is 3.12. The molecule has 3 heteroatoms. The Hall–Kier alpha value is -0.120. The van der Waals surface area contributed by atoms with E-state index in [1.165, 1.54) is 19.3 Å². The Morgan fingerprint density at radius 3 is 2.17 bits per heavy atom. The van der Waals surface area contributed by atoms with Gasteiger partial charge in [0.1, 0.15) is 0 Å². The minimum absolute atomic E-state index is 0.0663. The lowest BCUT2D eigenvalue weighted by atomic mass is 10.0. The monoisotopic (exact) mass is 260 g/mol. The van der Waals surface area contributed by atoms with Gasteiger partial charge < -0.3 is 14.6 Å². The van der Waals surface area contributed by atoms with Crippen LogP contribution in [0.15, 0.2) is 0 Å². The minimum atomic E-state index is -0.103. The average molecular weight is 260 g/mol. The van der Waals surface area contributed by atoms with Crippen LogP contribution in [0.4, 0.5) is 0 Å². The quantitative estimate of drug-likeness (QED) is 0.579. The molecule has 18 heavy (non-hydrogen) atoms. The summed E-state index contributed by atoms with van der Waals surface area (Å²) in [5.74, 6) is 0.541. The molecule has 0 fully saturated rings. The summed E-state index contributed by atoms with van der Waals surface area (Å²) in [4.78, 5) is 0. The largest absolute Gasteiger partial charge is 0.394 e. The molecule has 0 bridgehead atoms. The lowest BCUT2D eigenvalue weighted by molar-refractivity contribution is -0.0866. The van der Waals surface area contributed by atoms with Crippen LogP contribution in [-0.2, 0) is 9.47 Å². The number of ether oxygens (including phenoxy) is 2. The zero-order chi connectivity index (χ0) is 14.0. The van der Waals surface area contributed by atoms with E-state index in [4.69, 9.17) is 14.6 Å². The zero-order valence-electron chi connectivity index (χ0n) is 12.8. The molecular formula is C15H32O3. The summed E-state index contributed by atoms with van der Waals surface area (Å²) in [7, 11) is 0. The molecule has 0 rings (SSSR count). The van der Waals surface area contributed by atoms with E-state index in [0.717, 1.165) is 6.42 Å². The van der Waals surface area contributed by atoms with Gasteiger partial charge in [0, 0.05) is 0 Å². The molecule has 0 saturated heterocycles. The summed E-state index contributed by atoms with van der Waals surface area (Å²) < 4.78 is 11.5. The molecule has 110 valence electrons. The Bertz CT molecular complexity index is 183. The molecule has 0 aliphatic carbocycles. The van der Waals surface area contributed by atoms with Crippen LogP contribution < -0.4 is 0 Å². The number of unbranched alkanes of at least 4 members (excludes halogenated alkanes) is 2. The Morgan fingerprint density at radius 1 is 1.00 bits per heavy atom. The van der Waals surface area contributed by atoms with Crippen molar-refractivity contribution in [2.75, 3.05) is 13.2 Å². The first-order chi connectivity index (χ1) is 8.51. The molecule has 3 atom stereocenters. The van der Waals surface area contributed by atoms with Crippen molar-refractivity contribution in [3.05, 3.63) is 0 Å². The number of aliphatic hydroxyl groups excluding tert-OH is 1. The highest BCUT2D eigenvalue weighted by molar-refractivity contribution is 4.65. The maximum Gasteiger partial charge on any atom is 0.0784 e. The maximum absolute atomic E-state index is 8.90. The van der Waals surface area contributed by atoms with Crippen molar-refractivity contribution in [3.63, 3.8) is 0 Å². The average Bonchev–Trinajstić information content (AvgIpc) is 2.34. The van der Waals surface area contributed by atoms with Crippen molar-refractivity contribution >= 4 is 0 Å². The van der Waals surface area contributed by atoms with E-state index in [9.17, 15) is 0 Å². The van der Waals surface area contributed by atoms with Crippen molar-refractivity contribution in [3.8, 4) is 0 Å². The van der Waals surface area contributed by atoms with Crippen LogP contribution in [0.1, 0.15) is 60.3 Å². The first-order valence-corrected chi connectivity index (χ1v) is 7.39. The van der Waals surface area contributed by atoms with Crippen LogP contribution in [-0.4, -0.2) is 36.6 Å². The number of rotatable bonds is 11. The summed E-state index contributed by atoms with van der Waals surface area (Å²) in [6, 6.07) is 0. The Kier molecular flexibility index (Phi) is 10.7. The Balaban J connectivity index is 3.91. The molecule has 0 radical (unpaired) electrons. The van der Waals surface area contributed by atoms with Crippen molar-refractivity contribution in [1.82, 2.24) is 0 Å². The topological polar surface area (TPSA) is 38.7 Å². The van der Waals surface area contributed by atoms with Crippen LogP contribution in [0, 0.1) is 5.92 Å². The van der Waals surface area contributed by atoms with Gasteiger partial charge in [0.05, 0.1) is 31.5 Å². The minimum Gasteiger partial charge on any atom is -0.394 e. The van der Waals surface area contributed by atoms with Crippen LogP contribution >= 0.6 is 0 Å². The van der Waals surface area contributed by atoms with E-state index in [2.05, 4.69) is 20.8 Å². The van der Waals surface area contributed by atoms with Crippen LogP contribution in [0.25, 0.3) is 0 Å². The summed E-state index contributed by atoms with van der Waals surface area (Å²) in [6.07, 6.45) is 5.20. The molecule has 0 aromatic carbocycles. The first-order valence-electron chi connectivity index (χ1n) is 7.39. The van der Waals surface area contributed by atoms with Gasteiger partial charge in [-0.1, -0.05) is 40.0 Å². The lowest BCUT2D eigenvalue weighted by Gasteiger charge is -2.26. The van der Waals surface area contributed by atoms with Crippen molar-refractivity contribution < 1.29 is 14.6 Å². The molecule has 0 aliphatic rings. The number of hydrogen-bond acceptors (Lipinski definition) is 3. The third-order valence-corrected chi connectivity index (χ3v) is 3.12. The molecule has 0 aliphatic heterocycles.